The first kappa shape index (κ1) is 16.2. The summed E-state index contributed by atoms with van der Waals surface area (Å²) in [7, 11) is 1.33. The molecule has 3 rings (SSSR count). The van der Waals surface area contributed by atoms with Crippen molar-refractivity contribution in [3.63, 3.8) is 0 Å². The van der Waals surface area contributed by atoms with Crippen LogP contribution in [0.1, 0.15) is 15.2 Å². The maximum absolute atomic E-state index is 11.6. The Balaban J connectivity index is 1.69. The van der Waals surface area contributed by atoms with E-state index in [0.717, 1.165) is 5.56 Å². The molecule has 23 heavy (non-hydrogen) atoms. The van der Waals surface area contributed by atoms with Gasteiger partial charge in [0.15, 0.2) is 15.2 Å². The van der Waals surface area contributed by atoms with E-state index >= 15 is 0 Å². The van der Waals surface area contributed by atoms with E-state index in [1.165, 1.54) is 18.4 Å². The molecule has 0 amide bonds. The molecule has 124 valence electrons. The molecular formula is C14H17ClN4O3S. The van der Waals surface area contributed by atoms with Crippen LogP contribution in [0.3, 0.4) is 0 Å². The summed E-state index contributed by atoms with van der Waals surface area (Å²) in [6.07, 6.45) is 3.81. The van der Waals surface area contributed by atoms with Gasteiger partial charge in [0.25, 0.3) is 0 Å². The number of esters is 1. The number of halogens is 1. The Hall–Kier alpha value is -1.64. The van der Waals surface area contributed by atoms with Gasteiger partial charge in [0.1, 0.15) is 0 Å². The van der Waals surface area contributed by atoms with E-state index in [9.17, 15) is 4.79 Å². The number of ether oxygens (including phenoxy) is 2. The lowest BCUT2D eigenvalue weighted by Gasteiger charge is -2.32. The molecule has 1 unspecified atom stereocenters. The van der Waals surface area contributed by atoms with Gasteiger partial charge in [-0.2, -0.15) is 5.10 Å². The van der Waals surface area contributed by atoms with E-state index in [2.05, 4.69) is 15.0 Å². The van der Waals surface area contributed by atoms with Crippen LogP contribution in [0.5, 0.6) is 0 Å². The second-order valence-electron chi connectivity index (χ2n) is 5.29. The van der Waals surface area contributed by atoms with Gasteiger partial charge in [-0.05, 0) is 12.5 Å². The van der Waals surface area contributed by atoms with Gasteiger partial charge < -0.3 is 14.4 Å². The monoisotopic (exact) mass is 356 g/mol. The van der Waals surface area contributed by atoms with Crippen LogP contribution < -0.4 is 4.90 Å². The van der Waals surface area contributed by atoms with Gasteiger partial charge >= 0.3 is 5.97 Å². The lowest BCUT2D eigenvalue weighted by atomic mass is 10.3. The van der Waals surface area contributed by atoms with E-state index in [4.69, 9.17) is 21.1 Å². The molecule has 9 heteroatoms. The van der Waals surface area contributed by atoms with Crippen LogP contribution in [0.4, 0.5) is 5.13 Å². The molecule has 2 aromatic heterocycles. The van der Waals surface area contributed by atoms with Gasteiger partial charge in [0.2, 0.25) is 0 Å². The molecule has 0 aromatic carbocycles. The molecule has 0 aliphatic carbocycles. The highest BCUT2D eigenvalue weighted by Gasteiger charge is 2.26. The highest BCUT2D eigenvalue weighted by molar-refractivity contribution is 7.18. The van der Waals surface area contributed by atoms with Crippen LogP contribution in [0, 0.1) is 6.92 Å². The van der Waals surface area contributed by atoms with Gasteiger partial charge in [-0.25, -0.2) is 9.78 Å². The second-order valence-corrected chi connectivity index (χ2v) is 6.62. The quantitative estimate of drug-likeness (QED) is 0.780. The van der Waals surface area contributed by atoms with Crippen LogP contribution in [0.25, 0.3) is 0 Å². The van der Waals surface area contributed by atoms with E-state index in [-0.39, 0.29) is 11.3 Å². The molecule has 0 spiro atoms. The number of carbonyl (C=O) groups excluding carboxylic acids is 1. The number of carbonyl (C=O) groups is 1. The molecule has 7 nitrogen and oxygen atoms in total. The number of nitrogens with zero attached hydrogens (tertiary/aromatic N) is 4. The number of morpholine rings is 1. The molecule has 2 aromatic rings. The first-order valence-corrected chi connectivity index (χ1v) is 8.36. The minimum absolute atomic E-state index is 0.00676. The van der Waals surface area contributed by atoms with E-state index in [1.54, 1.807) is 0 Å². The summed E-state index contributed by atoms with van der Waals surface area (Å²) in [5.74, 6) is -0.462. The Morgan fingerprint density at radius 1 is 1.61 bits per heavy atom. The van der Waals surface area contributed by atoms with Crippen LogP contribution in [0.15, 0.2) is 12.4 Å². The number of anilines is 1. The Morgan fingerprint density at radius 2 is 2.43 bits per heavy atom. The molecule has 0 saturated carbocycles. The third-order valence-corrected chi connectivity index (χ3v) is 4.99. The molecule has 1 aliphatic heterocycles. The van der Waals surface area contributed by atoms with Crippen molar-refractivity contribution >= 4 is 34.0 Å². The molecule has 1 fully saturated rings. The summed E-state index contributed by atoms with van der Waals surface area (Å²) in [6, 6.07) is 0. The molecule has 0 bridgehead atoms. The average molecular weight is 357 g/mol. The zero-order valence-electron chi connectivity index (χ0n) is 12.9. The SMILES string of the molecule is COC(=O)c1sc(N2CCOC(Cn3cc(C)cn3)C2)nc1Cl. The standard InChI is InChI=1S/C14H17ClN4O3S/c1-9-5-16-19(6-9)8-10-7-18(3-4-22-10)14-17-12(15)11(23-14)13(20)21-2/h5-6,10H,3-4,7-8H2,1-2H3. The molecule has 1 saturated heterocycles. The van der Waals surface area contributed by atoms with Crippen LogP contribution in [0.2, 0.25) is 5.15 Å². The topological polar surface area (TPSA) is 69.5 Å². The summed E-state index contributed by atoms with van der Waals surface area (Å²) in [5.41, 5.74) is 1.12. The van der Waals surface area contributed by atoms with Crippen molar-refractivity contribution in [2.24, 2.45) is 0 Å². The maximum atomic E-state index is 11.6. The van der Waals surface area contributed by atoms with Crippen LogP contribution in [-0.2, 0) is 16.0 Å². The Labute approximate surface area is 142 Å². The number of aryl methyl sites for hydroxylation is 1. The minimum Gasteiger partial charge on any atom is -0.465 e. The Kier molecular flexibility index (Phi) is 4.84. The summed E-state index contributed by atoms with van der Waals surface area (Å²) in [6.45, 7) is 4.65. The van der Waals surface area contributed by atoms with Crippen LogP contribution in [-0.4, -0.2) is 53.6 Å². The largest absolute Gasteiger partial charge is 0.465 e. The smallest absolute Gasteiger partial charge is 0.351 e. The zero-order valence-corrected chi connectivity index (χ0v) is 14.4. The summed E-state index contributed by atoms with van der Waals surface area (Å²) in [5, 5.41) is 5.17. The first-order chi connectivity index (χ1) is 11.1. The fraction of sp³-hybridized carbons (Fsp3) is 0.500. The van der Waals surface area contributed by atoms with E-state index < -0.39 is 5.97 Å². The normalized spacial score (nSPS) is 18.2. The fourth-order valence-corrected chi connectivity index (χ4v) is 3.66. The Morgan fingerprint density at radius 3 is 3.13 bits per heavy atom. The van der Waals surface area contributed by atoms with Crippen molar-refractivity contribution in [3.05, 3.63) is 28.0 Å². The lowest BCUT2D eigenvalue weighted by molar-refractivity contribution is 0.0274. The van der Waals surface area contributed by atoms with Crippen molar-refractivity contribution in [3.8, 4) is 0 Å². The highest BCUT2D eigenvalue weighted by atomic mass is 35.5. The first-order valence-electron chi connectivity index (χ1n) is 7.17. The zero-order chi connectivity index (χ0) is 16.4. The van der Waals surface area contributed by atoms with Crippen molar-refractivity contribution in [2.75, 3.05) is 31.7 Å². The van der Waals surface area contributed by atoms with E-state index in [0.29, 0.717) is 36.2 Å². The number of hydrogen-bond acceptors (Lipinski definition) is 7. The highest BCUT2D eigenvalue weighted by Crippen LogP contribution is 2.31. The van der Waals surface area contributed by atoms with Crippen LogP contribution >= 0.6 is 22.9 Å². The predicted molar refractivity (Wildman–Crippen MR) is 87.4 cm³/mol. The van der Waals surface area contributed by atoms with Gasteiger partial charge in [-0.1, -0.05) is 22.9 Å². The number of thiazole rings is 1. The molecule has 0 radical (unpaired) electrons. The van der Waals surface area contributed by atoms with Gasteiger partial charge in [0, 0.05) is 19.3 Å². The summed E-state index contributed by atoms with van der Waals surface area (Å²) >= 11 is 7.27. The lowest BCUT2D eigenvalue weighted by Crippen LogP contribution is -2.44. The van der Waals surface area contributed by atoms with Crippen molar-refractivity contribution in [2.45, 2.75) is 19.6 Å². The number of hydrogen-bond donors (Lipinski definition) is 0. The minimum atomic E-state index is -0.462. The summed E-state index contributed by atoms with van der Waals surface area (Å²) < 4.78 is 12.4. The summed E-state index contributed by atoms with van der Waals surface area (Å²) in [4.78, 5) is 18.3. The van der Waals surface area contributed by atoms with Gasteiger partial charge in [-0.3, -0.25) is 4.68 Å². The molecule has 1 aliphatic rings. The van der Waals surface area contributed by atoms with Crippen molar-refractivity contribution in [1.82, 2.24) is 14.8 Å². The van der Waals surface area contributed by atoms with Crippen molar-refractivity contribution in [1.29, 1.82) is 0 Å². The maximum Gasteiger partial charge on any atom is 0.351 e. The number of aromatic nitrogens is 3. The molecule has 3 heterocycles. The number of rotatable bonds is 4. The van der Waals surface area contributed by atoms with E-state index in [1.807, 2.05) is 24.0 Å². The predicted octanol–water partition coefficient (Wildman–Crippen LogP) is 1.99. The molecule has 1 atom stereocenters. The molecule has 0 N–H and O–H groups in total. The Bertz CT molecular complexity index is 702. The van der Waals surface area contributed by atoms with Gasteiger partial charge in [-0.15, -0.1) is 0 Å². The third-order valence-electron chi connectivity index (χ3n) is 3.51. The fourth-order valence-electron chi connectivity index (χ4n) is 2.42. The number of methoxy groups -OCH3 is 1. The molecular weight excluding hydrogens is 340 g/mol. The third kappa shape index (κ3) is 3.65. The average Bonchev–Trinajstić information content (AvgIpc) is 3.13. The van der Waals surface area contributed by atoms with Gasteiger partial charge in [0.05, 0.1) is 32.6 Å². The second kappa shape index (κ2) is 6.86. The van der Waals surface area contributed by atoms with Crippen molar-refractivity contribution < 1.29 is 14.3 Å².